The number of nitrogens with one attached hydrogen (secondary N) is 1. The summed E-state index contributed by atoms with van der Waals surface area (Å²) in [5.41, 5.74) is 2.97. The van der Waals surface area contributed by atoms with Crippen molar-refractivity contribution in [1.82, 2.24) is 19.9 Å². The minimum absolute atomic E-state index is 0.0708. The van der Waals surface area contributed by atoms with E-state index in [1.807, 2.05) is 12.3 Å². The van der Waals surface area contributed by atoms with Crippen LogP contribution in [0.25, 0.3) is 5.82 Å². The van der Waals surface area contributed by atoms with E-state index < -0.39 is 0 Å². The summed E-state index contributed by atoms with van der Waals surface area (Å²) in [5.74, 6) is 1.19. The number of carbonyl (C=O) groups excluding carboxylic acids is 1. The molecule has 1 aliphatic rings. The van der Waals surface area contributed by atoms with Gasteiger partial charge in [-0.1, -0.05) is 29.8 Å². The molecule has 1 atom stereocenters. The van der Waals surface area contributed by atoms with Gasteiger partial charge in [-0.15, -0.1) is 0 Å². The van der Waals surface area contributed by atoms with Crippen molar-refractivity contribution >= 4 is 5.91 Å². The lowest BCUT2D eigenvalue weighted by Crippen LogP contribution is -2.30. The summed E-state index contributed by atoms with van der Waals surface area (Å²) in [5, 5.41) is 3.19. The highest BCUT2D eigenvalue weighted by atomic mass is 16.1. The van der Waals surface area contributed by atoms with Crippen LogP contribution in [0.2, 0.25) is 0 Å². The monoisotopic (exact) mass is 332 g/mol. The number of imidazole rings is 1. The smallest absolute Gasteiger partial charge is 0.253 e. The zero-order valence-electron chi connectivity index (χ0n) is 14.1. The number of hydrogen-bond donors (Lipinski definition) is 1. The second kappa shape index (κ2) is 6.51. The average Bonchev–Trinajstić information content (AvgIpc) is 3.33. The van der Waals surface area contributed by atoms with E-state index in [1.54, 1.807) is 29.4 Å². The number of amides is 1. The quantitative estimate of drug-likeness (QED) is 0.778. The molecule has 126 valence electrons. The number of pyridine rings is 1. The number of aryl methyl sites for hydroxylation is 1. The van der Waals surface area contributed by atoms with Crippen LogP contribution < -0.4 is 5.32 Å². The Kier molecular flexibility index (Phi) is 4.06. The van der Waals surface area contributed by atoms with Crippen LogP contribution in [0.5, 0.6) is 0 Å². The molecule has 1 aromatic carbocycles. The molecule has 1 N–H and O–H groups in total. The summed E-state index contributed by atoms with van der Waals surface area (Å²) >= 11 is 0. The summed E-state index contributed by atoms with van der Waals surface area (Å²) < 4.78 is 1.81. The number of hydrogen-bond acceptors (Lipinski definition) is 3. The summed E-state index contributed by atoms with van der Waals surface area (Å²) in [6, 6.07) is 12.1. The molecule has 5 nitrogen and oxygen atoms in total. The third kappa shape index (κ3) is 3.45. The SMILES string of the molecule is Cc1ccc(C(NC(=O)c2ccc(-n3ccnc3)nc2)C2CC2)cc1. The maximum atomic E-state index is 12.7. The molecule has 4 rings (SSSR count). The van der Waals surface area contributed by atoms with Crippen LogP contribution in [0, 0.1) is 12.8 Å². The first-order valence-electron chi connectivity index (χ1n) is 8.52. The van der Waals surface area contributed by atoms with Gasteiger partial charge in [0.25, 0.3) is 5.91 Å². The highest BCUT2D eigenvalue weighted by molar-refractivity contribution is 5.94. The van der Waals surface area contributed by atoms with Gasteiger partial charge in [-0.25, -0.2) is 9.97 Å². The molecular formula is C20H20N4O. The van der Waals surface area contributed by atoms with Crippen molar-refractivity contribution in [3.05, 3.63) is 78.0 Å². The molecule has 25 heavy (non-hydrogen) atoms. The molecule has 1 aliphatic carbocycles. The van der Waals surface area contributed by atoms with Gasteiger partial charge in [0.05, 0.1) is 11.6 Å². The average molecular weight is 332 g/mol. The molecule has 0 aliphatic heterocycles. The van der Waals surface area contributed by atoms with E-state index in [9.17, 15) is 4.79 Å². The Bertz CT molecular complexity index is 850. The topological polar surface area (TPSA) is 59.8 Å². The summed E-state index contributed by atoms with van der Waals surface area (Å²) in [4.78, 5) is 21.0. The Hall–Kier alpha value is -2.95. The molecule has 0 radical (unpaired) electrons. The number of rotatable bonds is 5. The minimum Gasteiger partial charge on any atom is -0.345 e. The van der Waals surface area contributed by atoms with E-state index in [4.69, 9.17) is 0 Å². The number of aromatic nitrogens is 3. The first-order valence-corrected chi connectivity index (χ1v) is 8.52. The van der Waals surface area contributed by atoms with Crippen molar-refractivity contribution < 1.29 is 4.79 Å². The highest BCUT2D eigenvalue weighted by Crippen LogP contribution is 2.41. The normalized spacial score (nSPS) is 14.9. The van der Waals surface area contributed by atoms with Gasteiger partial charge < -0.3 is 5.32 Å². The second-order valence-electron chi connectivity index (χ2n) is 6.57. The van der Waals surface area contributed by atoms with Gasteiger partial charge in [-0.05, 0) is 43.4 Å². The first-order chi connectivity index (χ1) is 12.2. The fourth-order valence-corrected chi connectivity index (χ4v) is 2.97. The maximum Gasteiger partial charge on any atom is 0.253 e. The van der Waals surface area contributed by atoms with Crippen molar-refractivity contribution in [2.45, 2.75) is 25.8 Å². The van der Waals surface area contributed by atoms with E-state index in [0.717, 1.165) is 18.7 Å². The summed E-state index contributed by atoms with van der Waals surface area (Å²) in [6.45, 7) is 2.07. The Morgan fingerprint density at radius 1 is 1.20 bits per heavy atom. The second-order valence-corrected chi connectivity index (χ2v) is 6.57. The Morgan fingerprint density at radius 3 is 2.60 bits per heavy atom. The van der Waals surface area contributed by atoms with E-state index in [1.165, 1.54) is 11.1 Å². The first kappa shape index (κ1) is 15.6. The fraction of sp³-hybridized carbons (Fsp3) is 0.250. The van der Waals surface area contributed by atoms with Crippen LogP contribution in [0.15, 0.2) is 61.3 Å². The highest BCUT2D eigenvalue weighted by Gasteiger charge is 2.33. The Morgan fingerprint density at radius 2 is 2.00 bits per heavy atom. The Balaban J connectivity index is 1.50. The lowest BCUT2D eigenvalue weighted by Gasteiger charge is -2.19. The van der Waals surface area contributed by atoms with Crippen molar-refractivity contribution in [3.63, 3.8) is 0 Å². The lowest BCUT2D eigenvalue weighted by atomic mass is 10.0. The molecule has 0 bridgehead atoms. The molecule has 1 fully saturated rings. The molecular weight excluding hydrogens is 312 g/mol. The third-order valence-corrected chi connectivity index (χ3v) is 4.60. The van der Waals surface area contributed by atoms with Gasteiger partial charge in [0.2, 0.25) is 0 Å². The minimum atomic E-state index is -0.0813. The zero-order chi connectivity index (χ0) is 17.2. The van der Waals surface area contributed by atoms with Crippen molar-refractivity contribution in [2.24, 2.45) is 5.92 Å². The summed E-state index contributed by atoms with van der Waals surface area (Å²) in [6.07, 6.45) is 9.15. The molecule has 0 spiro atoms. The standard InChI is InChI=1S/C20H20N4O/c1-14-2-4-15(5-3-14)19(16-6-7-16)23-20(25)17-8-9-18(22-12-17)24-11-10-21-13-24/h2-5,8-13,16,19H,6-7H2,1H3,(H,23,25). The van der Waals surface area contributed by atoms with Crippen LogP contribution in [0.3, 0.4) is 0 Å². The maximum absolute atomic E-state index is 12.7. The van der Waals surface area contributed by atoms with Crippen LogP contribution in [-0.4, -0.2) is 20.4 Å². The predicted molar refractivity (Wildman–Crippen MR) is 95.5 cm³/mol. The zero-order valence-corrected chi connectivity index (χ0v) is 14.1. The molecule has 1 unspecified atom stereocenters. The molecule has 5 heteroatoms. The van der Waals surface area contributed by atoms with Crippen LogP contribution in [0.1, 0.15) is 40.4 Å². The van der Waals surface area contributed by atoms with Gasteiger partial charge in [0, 0.05) is 18.6 Å². The van der Waals surface area contributed by atoms with Gasteiger partial charge in [0.1, 0.15) is 12.1 Å². The van der Waals surface area contributed by atoms with E-state index >= 15 is 0 Å². The molecule has 0 saturated heterocycles. The van der Waals surface area contributed by atoms with Gasteiger partial charge in [-0.2, -0.15) is 0 Å². The van der Waals surface area contributed by atoms with Crippen molar-refractivity contribution in [2.75, 3.05) is 0 Å². The number of nitrogens with zero attached hydrogens (tertiary/aromatic N) is 3. The largest absolute Gasteiger partial charge is 0.345 e. The lowest BCUT2D eigenvalue weighted by molar-refractivity contribution is 0.0931. The number of benzene rings is 1. The van der Waals surface area contributed by atoms with Crippen molar-refractivity contribution in [1.29, 1.82) is 0 Å². The van der Waals surface area contributed by atoms with E-state index in [0.29, 0.717) is 11.5 Å². The molecule has 2 aromatic heterocycles. The van der Waals surface area contributed by atoms with Gasteiger partial charge in [-0.3, -0.25) is 9.36 Å². The van der Waals surface area contributed by atoms with Gasteiger partial charge in [0.15, 0.2) is 0 Å². The number of carbonyl (C=O) groups is 1. The van der Waals surface area contributed by atoms with E-state index in [2.05, 4.69) is 46.5 Å². The van der Waals surface area contributed by atoms with Crippen LogP contribution in [0.4, 0.5) is 0 Å². The van der Waals surface area contributed by atoms with E-state index in [-0.39, 0.29) is 11.9 Å². The van der Waals surface area contributed by atoms with Crippen LogP contribution >= 0.6 is 0 Å². The fourth-order valence-electron chi connectivity index (χ4n) is 2.97. The van der Waals surface area contributed by atoms with Gasteiger partial charge >= 0.3 is 0 Å². The van der Waals surface area contributed by atoms with Crippen molar-refractivity contribution in [3.8, 4) is 5.82 Å². The molecule has 3 aromatic rings. The Labute approximate surface area is 146 Å². The van der Waals surface area contributed by atoms with Crippen LogP contribution in [-0.2, 0) is 0 Å². The molecule has 1 amide bonds. The molecule has 1 saturated carbocycles. The third-order valence-electron chi connectivity index (χ3n) is 4.60. The predicted octanol–water partition coefficient (Wildman–Crippen LogP) is 3.46. The molecule has 2 heterocycles. The summed E-state index contributed by atoms with van der Waals surface area (Å²) in [7, 11) is 0.